The lowest BCUT2D eigenvalue weighted by Crippen LogP contribution is -2.25. The van der Waals surface area contributed by atoms with Crippen molar-refractivity contribution in [3.05, 3.63) is 72.6 Å². The Hall–Kier alpha value is -3.05. The number of fused-ring (bicyclic) bond motifs is 1. The van der Waals surface area contributed by atoms with Crippen LogP contribution >= 0.6 is 11.9 Å². The molecule has 1 aliphatic rings. The zero-order valence-electron chi connectivity index (χ0n) is 14.8. The van der Waals surface area contributed by atoms with Crippen molar-refractivity contribution in [2.75, 3.05) is 16.2 Å². The summed E-state index contributed by atoms with van der Waals surface area (Å²) in [7, 11) is 0. The molecule has 4 aromatic rings. The number of amides is 1. The molecule has 2 heterocycles. The lowest BCUT2D eigenvalue weighted by molar-refractivity contribution is 0.0994. The molecule has 0 fully saturated rings. The minimum Gasteiger partial charge on any atom is -0.326 e. The second kappa shape index (κ2) is 6.28. The number of benzene rings is 3. The van der Waals surface area contributed by atoms with E-state index in [1.165, 1.54) is 5.39 Å². The molecule has 3 aromatic carbocycles. The summed E-state index contributed by atoms with van der Waals surface area (Å²) in [6.07, 6.45) is 3.67. The Balaban J connectivity index is 1.51. The summed E-state index contributed by atoms with van der Waals surface area (Å²) >= 11 is 1.57. The smallest absolute Gasteiger partial charge is 0.258 e. The number of nitrogens with one attached hydrogen (secondary N) is 1. The van der Waals surface area contributed by atoms with Crippen LogP contribution in [0.15, 0.2) is 71.9 Å². The zero-order valence-corrected chi connectivity index (χ0v) is 15.6. The number of nitrogens with zero attached hydrogens (tertiary/aromatic N) is 2. The second-order valence-corrected chi connectivity index (χ2v) is 7.35. The van der Waals surface area contributed by atoms with Crippen LogP contribution in [0.2, 0.25) is 0 Å². The molecule has 0 aliphatic carbocycles. The predicted octanol–water partition coefficient (Wildman–Crippen LogP) is 5.49. The molecule has 4 nitrogen and oxygen atoms in total. The van der Waals surface area contributed by atoms with Crippen molar-refractivity contribution < 1.29 is 4.79 Å². The normalized spacial score (nSPS) is 12.9. The SMILES string of the molecule is CCN1C(=O)c2cccc3c(SNc4ccc5ccncc5c4)ccc1c23. The molecule has 0 radical (unpaired) electrons. The molecule has 27 heavy (non-hydrogen) atoms. The van der Waals surface area contributed by atoms with Gasteiger partial charge in [0.25, 0.3) is 5.91 Å². The van der Waals surface area contributed by atoms with Crippen molar-refractivity contribution in [3.63, 3.8) is 0 Å². The van der Waals surface area contributed by atoms with Crippen LogP contribution in [0.1, 0.15) is 17.3 Å². The molecule has 0 atom stereocenters. The maximum atomic E-state index is 12.6. The van der Waals surface area contributed by atoms with Gasteiger partial charge in [-0.15, -0.1) is 0 Å². The van der Waals surface area contributed by atoms with E-state index in [4.69, 9.17) is 0 Å². The number of anilines is 2. The van der Waals surface area contributed by atoms with Crippen LogP contribution in [0.3, 0.4) is 0 Å². The van der Waals surface area contributed by atoms with E-state index in [9.17, 15) is 4.79 Å². The Morgan fingerprint density at radius 3 is 2.89 bits per heavy atom. The summed E-state index contributed by atoms with van der Waals surface area (Å²) in [4.78, 5) is 19.8. The fourth-order valence-corrected chi connectivity index (χ4v) is 4.46. The standard InChI is InChI=1S/C22H17N3OS/c1-2-25-19-8-9-20(17-4-3-5-18(21(17)19)22(25)26)27-24-16-7-6-14-10-11-23-13-15(14)12-16/h3-13,24H,2H2,1H3. The van der Waals surface area contributed by atoms with Gasteiger partial charge in [-0.05, 0) is 66.0 Å². The fourth-order valence-electron chi connectivity index (χ4n) is 3.68. The Bertz CT molecular complexity index is 1200. The van der Waals surface area contributed by atoms with E-state index in [0.717, 1.165) is 38.0 Å². The van der Waals surface area contributed by atoms with E-state index in [-0.39, 0.29) is 5.91 Å². The van der Waals surface area contributed by atoms with E-state index in [2.05, 4.69) is 46.1 Å². The molecule has 0 saturated carbocycles. The number of aromatic nitrogens is 1. The summed E-state index contributed by atoms with van der Waals surface area (Å²) in [5, 5.41) is 4.44. The molecule has 1 aliphatic heterocycles. The van der Waals surface area contributed by atoms with Crippen molar-refractivity contribution >= 4 is 50.8 Å². The molecule has 132 valence electrons. The molecule has 0 unspecified atom stereocenters. The summed E-state index contributed by atoms with van der Waals surface area (Å²) in [5.41, 5.74) is 2.83. The molecule has 1 amide bonds. The van der Waals surface area contributed by atoms with Gasteiger partial charge < -0.3 is 9.62 Å². The van der Waals surface area contributed by atoms with E-state index in [1.807, 2.05) is 36.2 Å². The molecular formula is C22H17N3OS. The first-order valence-corrected chi connectivity index (χ1v) is 9.72. The van der Waals surface area contributed by atoms with Crippen LogP contribution in [0.25, 0.3) is 21.5 Å². The Morgan fingerprint density at radius 1 is 1.07 bits per heavy atom. The summed E-state index contributed by atoms with van der Waals surface area (Å²) in [6, 6.07) is 18.4. The monoisotopic (exact) mass is 371 g/mol. The lowest BCUT2D eigenvalue weighted by atomic mass is 10.1. The summed E-state index contributed by atoms with van der Waals surface area (Å²) in [5.74, 6) is 0.0928. The average molecular weight is 371 g/mol. The first kappa shape index (κ1) is 16.1. The number of carbonyl (C=O) groups excluding carboxylic acids is 1. The maximum absolute atomic E-state index is 12.6. The van der Waals surface area contributed by atoms with Crippen LogP contribution in [0, 0.1) is 0 Å². The van der Waals surface area contributed by atoms with Crippen molar-refractivity contribution in [3.8, 4) is 0 Å². The number of pyridine rings is 1. The van der Waals surface area contributed by atoms with Crippen molar-refractivity contribution in [1.29, 1.82) is 0 Å². The number of hydrogen-bond donors (Lipinski definition) is 1. The van der Waals surface area contributed by atoms with Crippen LogP contribution in [0.4, 0.5) is 11.4 Å². The first-order valence-electron chi connectivity index (χ1n) is 8.90. The van der Waals surface area contributed by atoms with Gasteiger partial charge in [0.1, 0.15) is 0 Å². The fraction of sp³-hybridized carbons (Fsp3) is 0.0909. The first-order chi connectivity index (χ1) is 13.3. The Kier molecular flexibility index (Phi) is 3.76. The van der Waals surface area contributed by atoms with Crippen molar-refractivity contribution in [2.45, 2.75) is 11.8 Å². The van der Waals surface area contributed by atoms with E-state index >= 15 is 0 Å². The molecular weight excluding hydrogens is 354 g/mol. The topological polar surface area (TPSA) is 45.2 Å². The predicted molar refractivity (Wildman–Crippen MR) is 113 cm³/mol. The highest BCUT2D eigenvalue weighted by Crippen LogP contribution is 2.41. The second-order valence-electron chi connectivity index (χ2n) is 6.50. The third-order valence-electron chi connectivity index (χ3n) is 4.98. The third kappa shape index (κ3) is 2.54. The van der Waals surface area contributed by atoms with Gasteiger partial charge in [0.15, 0.2) is 0 Å². The summed E-state index contributed by atoms with van der Waals surface area (Å²) in [6.45, 7) is 2.69. The van der Waals surface area contributed by atoms with Crippen LogP contribution < -0.4 is 9.62 Å². The minimum atomic E-state index is 0.0928. The number of rotatable bonds is 4. The quantitative estimate of drug-likeness (QED) is 0.482. The van der Waals surface area contributed by atoms with Crippen molar-refractivity contribution in [1.82, 2.24) is 4.98 Å². The lowest BCUT2D eigenvalue weighted by Gasteiger charge is -2.15. The minimum absolute atomic E-state index is 0.0928. The van der Waals surface area contributed by atoms with Gasteiger partial charge in [-0.3, -0.25) is 9.78 Å². The zero-order chi connectivity index (χ0) is 18.4. The highest BCUT2D eigenvalue weighted by molar-refractivity contribution is 8.00. The van der Waals surface area contributed by atoms with Gasteiger partial charge in [0, 0.05) is 45.9 Å². The van der Waals surface area contributed by atoms with E-state index in [0.29, 0.717) is 6.54 Å². The van der Waals surface area contributed by atoms with E-state index < -0.39 is 0 Å². The third-order valence-corrected chi connectivity index (χ3v) is 5.89. The highest BCUT2D eigenvalue weighted by atomic mass is 32.2. The van der Waals surface area contributed by atoms with Gasteiger partial charge in [-0.2, -0.15) is 0 Å². The van der Waals surface area contributed by atoms with Gasteiger partial charge in [0.2, 0.25) is 0 Å². The molecule has 1 N–H and O–H groups in total. The molecule has 5 rings (SSSR count). The molecule has 0 bridgehead atoms. The van der Waals surface area contributed by atoms with Gasteiger partial charge in [-0.1, -0.05) is 18.2 Å². The average Bonchev–Trinajstić information content (AvgIpc) is 3.00. The van der Waals surface area contributed by atoms with Crippen LogP contribution in [0.5, 0.6) is 0 Å². The Labute approximate surface area is 161 Å². The number of hydrogen-bond acceptors (Lipinski definition) is 4. The molecule has 1 aromatic heterocycles. The molecule has 0 saturated heterocycles. The van der Waals surface area contributed by atoms with Crippen LogP contribution in [-0.2, 0) is 0 Å². The highest BCUT2D eigenvalue weighted by Gasteiger charge is 2.29. The van der Waals surface area contributed by atoms with Gasteiger partial charge in [0.05, 0.1) is 5.69 Å². The molecule has 5 heteroatoms. The van der Waals surface area contributed by atoms with Crippen molar-refractivity contribution in [2.24, 2.45) is 0 Å². The molecule has 0 spiro atoms. The van der Waals surface area contributed by atoms with Gasteiger partial charge in [-0.25, -0.2) is 0 Å². The largest absolute Gasteiger partial charge is 0.326 e. The summed E-state index contributed by atoms with van der Waals surface area (Å²) < 4.78 is 3.43. The number of carbonyl (C=O) groups is 1. The van der Waals surface area contributed by atoms with Crippen LogP contribution in [-0.4, -0.2) is 17.4 Å². The maximum Gasteiger partial charge on any atom is 0.258 e. The van der Waals surface area contributed by atoms with E-state index in [1.54, 1.807) is 18.1 Å². The van der Waals surface area contributed by atoms with Gasteiger partial charge >= 0.3 is 0 Å². The Morgan fingerprint density at radius 2 is 2.00 bits per heavy atom.